The Labute approximate surface area is 84.5 Å². The number of nitrogens with zero attached hydrogens (tertiary/aromatic N) is 1. The van der Waals surface area contributed by atoms with Crippen molar-refractivity contribution in [1.29, 1.82) is 0 Å². The molecule has 0 aliphatic rings. The highest BCUT2D eigenvalue weighted by Gasteiger charge is 2.15. The van der Waals surface area contributed by atoms with Crippen molar-refractivity contribution in [3.05, 3.63) is 35.9 Å². The summed E-state index contributed by atoms with van der Waals surface area (Å²) in [6, 6.07) is 9.15. The Morgan fingerprint density at radius 1 is 1.43 bits per heavy atom. The molecule has 0 saturated carbocycles. The van der Waals surface area contributed by atoms with Crippen molar-refractivity contribution in [3.63, 3.8) is 0 Å². The summed E-state index contributed by atoms with van der Waals surface area (Å²) < 4.78 is 0. The molecule has 0 aliphatic heterocycles. The van der Waals surface area contributed by atoms with E-state index < -0.39 is 0 Å². The van der Waals surface area contributed by atoms with Crippen LogP contribution in [0.15, 0.2) is 30.3 Å². The maximum Gasteiger partial charge on any atom is 0.268 e. The van der Waals surface area contributed by atoms with Crippen molar-refractivity contribution in [3.8, 4) is 0 Å². The molecule has 0 spiro atoms. The molecule has 0 aromatic heterocycles. The molecule has 1 rings (SSSR count). The van der Waals surface area contributed by atoms with Crippen molar-refractivity contribution in [2.45, 2.75) is 26.3 Å². The third-order valence-corrected chi connectivity index (χ3v) is 2.32. The van der Waals surface area contributed by atoms with Crippen LogP contribution in [0, 0.1) is 0 Å². The number of nitrogens with two attached hydrogens (primary N) is 1. The van der Waals surface area contributed by atoms with Gasteiger partial charge in [-0.2, -0.15) is 0 Å². The van der Waals surface area contributed by atoms with E-state index in [9.17, 15) is 4.79 Å². The van der Waals surface area contributed by atoms with Gasteiger partial charge in [0.15, 0.2) is 0 Å². The molecule has 0 heterocycles. The van der Waals surface area contributed by atoms with Crippen LogP contribution in [0.4, 0.5) is 0 Å². The molecule has 3 nitrogen and oxygen atoms in total. The molecule has 1 atom stereocenters. The molecule has 0 saturated heterocycles. The second-order valence-electron chi connectivity index (χ2n) is 3.34. The molecule has 2 N–H and O–H groups in total. The number of rotatable bonds is 3. The van der Waals surface area contributed by atoms with Gasteiger partial charge < -0.3 is 0 Å². The van der Waals surface area contributed by atoms with Gasteiger partial charge in [-0.05, 0) is 25.5 Å². The first-order chi connectivity index (χ1) is 6.66. The summed E-state index contributed by atoms with van der Waals surface area (Å²) in [6.45, 7) is 3.93. The highest BCUT2D eigenvalue weighted by Crippen LogP contribution is 2.06. The van der Waals surface area contributed by atoms with Gasteiger partial charge in [0.2, 0.25) is 0 Å². The first kappa shape index (κ1) is 10.7. The topological polar surface area (TPSA) is 46.3 Å². The minimum Gasteiger partial charge on any atom is -0.274 e. The Morgan fingerprint density at radius 2 is 2.00 bits per heavy atom. The number of hydrazine groups is 1. The van der Waals surface area contributed by atoms with E-state index in [-0.39, 0.29) is 11.9 Å². The zero-order chi connectivity index (χ0) is 10.6. The first-order valence-corrected chi connectivity index (χ1v) is 4.80. The lowest BCUT2D eigenvalue weighted by Crippen LogP contribution is -2.43. The standard InChI is InChI=1S/C11H16N2O/c1-3-9(2)13(12)11(14)10-7-5-4-6-8-10/h4-9H,3,12H2,1-2H3. The van der Waals surface area contributed by atoms with Gasteiger partial charge in [0.25, 0.3) is 5.91 Å². The van der Waals surface area contributed by atoms with Gasteiger partial charge >= 0.3 is 0 Å². The minimum absolute atomic E-state index is 0.0720. The van der Waals surface area contributed by atoms with Crippen LogP contribution < -0.4 is 5.84 Å². The molecule has 0 fully saturated rings. The maximum absolute atomic E-state index is 11.7. The SMILES string of the molecule is CCC(C)N(N)C(=O)c1ccccc1. The molecule has 3 heteroatoms. The lowest BCUT2D eigenvalue weighted by molar-refractivity contribution is 0.0688. The van der Waals surface area contributed by atoms with E-state index >= 15 is 0 Å². The predicted octanol–water partition coefficient (Wildman–Crippen LogP) is 1.80. The van der Waals surface area contributed by atoms with E-state index in [1.54, 1.807) is 12.1 Å². The van der Waals surface area contributed by atoms with Gasteiger partial charge in [-0.3, -0.25) is 9.80 Å². The van der Waals surface area contributed by atoms with Gasteiger partial charge in [-0.1, -0.05) is 25.1 Å². The second-order valence-corrected chi connectivity index (χ2v) is 3.34. The van der Waals surface area contributed by atoms with Crippen molar-refractivity contribution < 1.29 is 4.79 Å². The van der Waals surface area contributed by atoms with E-state index in [0.717, 1.165) is 6.42 Å². The summed E-state index contributed by atoms with van der Waals surface area (Å²) in [5.41, 5.74) is 0.635. The molecular formula is C11H16N2O. The van der Waals surface area contributed by atoms with E-state index in [1.807, 2.05) is 32.0 Å². The molecule has 1 aromatic carbocycles. The van der Waals surface area contributed by atoms with E-state index in [1.165, 1.54) is 5.01 Å². The molecule has 0 bridgehead atoms. The maximum atomic E-state index is 11.7. The zero-order valence-electron chi connectivity index (χ0n) is 8.60. The summed E-state index contributed by atoms with van der Waals surface area (Å²) in [5.74, 6) is 5.56. The number of hydrogen-bond donors (Lipinski definition) is 1. The summed E-state index contributed by atoms with van der Waals surface area (Å²) in [6.07, 6.45) is 0.856. The Bertz CT molecular complexity index is 297. The molecular weight excluding hydrogens is 176 g/mol. The highest BCUT2D eigenvalue weighted by molar-refractivity contribution is 5.93. The van der Waals surface area contributed by atoms with Crippen LogP contribution in [0.3, 0.4) is 0 Å². The number of hydrogen-bond acceptors (Lipinski definition) is 2. The van der Waals surface area contributed by atoms with Crippen LogP contribution in [-0.2, 0) is 0 Å². The van der Waals surface area contributed by atoms with Crippen LogP contribution in [0.1, 0.15) is 30.6 Å². The van der Waals surface area contributed by atoms with Gasteiger partial charge in [0.05, 0.1) is 0 Å². The van der Waals surface area contributed by atoms with Crippen LogP contribution in [-0.4, -0.2) is 17.0 Å². The highest BCUT2D eigenvalue weighted by atomic mass is 16.2. The second kappa shape index (κ2) is 4.77. The predicted molar refractivity (Wildman–Crippen MR) is 56.6 cm³/mol. The molecule has 0 radical (unpaired) electrons. The van der Waals surface area contributed by atoms with Gasteiger partial charge in [-0.25, -0.2) is 5.84 Å². The average molecular weight is 192 g/mol. The summed E-state index contributed by atoms with van der Waals surface area (Å²) in [4.78, 5) is 11.7. The molecule has 1 amide bonds. The number of carbonyl (C=O) groups is 1. The van der Waals surface area contributed by atoms with Crippen molar-refractivity contribution in [2.75, 3.05) is 0 Å². The van der Waals surface area contributed by atoms with Crippen molar-refractivity contribution >= 4 is 5.91 Å². The minimum atomic E-state index is -0.125. The van der Waals surface area contributed by atoms with E-state index in [2.05, 4.69) is 0 Å². The van der Waals surface area contributed by atoms with Crippen LogP contribution in [0.2, 0.25) is 0 Å². The molecule has 1 unspecified atom stereocenters. The van der Waals surface area contributed by atoms with Crippen molar-refractivity contribution in [1.82, 2.24) is 5.01 Å². The Kier molecular flexibility index (Phi) is 3.65. The van der Waals surface area contributed by atoms with Gasteiger partial charge in [-0.15, -0.1) is 0 Å². The van der Waals surface area contributed by atoms with E-state index in [4.69, 9.17) is 5.84 Å². The van der Waals surface area contributed by atoms with Gasteiger partial charge in [0.1, 0.15) is 0 Å². The largest absolute Gasteiger partial charge is 0.274 e. The fourth-order valence-electron chi connectivity index (χ4n) is 1.13. The first-order valence-electron chi connectivity index (χ1n) is 4.80. The third kappa shape index (κ3) is 2.33. The van der Waals surface area contributed by atoms with E-state index in [0.29, 0.717) is 5.56 Å². The van der Waals surface area contributed by atoms with Gasteiger partial charge in [0, 0.05) is 11.6 Å². The fourth-order valence-corrected chi connectivity index (χ4v) is 1.13. The number of benzene rings is 1. The smallest absolute Gasteiger partial charge is 0.268 e. The van der Waals surface area contributed by atoms with Crippen LogP contribution in [0.5, 0.6) is 0 Å². The monoisotopic (exact) mass is 192 g/mol. The number of amides is 1. The molecule has 1 aromatic rings. The Morgan fingerprint density at radius 3 is 2.50 bits per heavy atom. The van der Waals surface area contributed by atoms with Crippen molar-refractivity contribution in [2.24, 2.45) is 5.84 Å². The number of carbonyl (C=O) groups excluding carboxylic acids is 1. The summed E-state index contributed by atoms with van der Waals surface area (Å²) in [7, 11) is 0. The Hall–Kier alpha value is -1.35. The average Bonchev–Trinajstić information content (AvgIpc) is 2.27. The molecule has 0 aliphatic carbocycles. The van der Waals surface area contributed by atoms with Crippen LogP contribution >= 0.6 is 0 Å². The normalized spacial score (nSPS) is 12.2. The lowest BCUT2D eigenvalue weighted by Gasteiger charge is -2.22. The zero-order valence-corrected chi connectivity index (χ0v) is 8.60. The lowest BCUT2D eigenvalue weighted by atomic mass is 10.2. The third-order valence-electron chi connectivity index (χ3n) is 2.32. The molecule has 14 heavy (non-hydrogen) atoms. The van der Waals surface area contributed by atoms with Crippen LogP contribution in [0.25, 0.3) is 0 Å². The molecule has 76 valence electrons. The summed E-state index contributed by atoms with van der Waals surface area (Å²) >= 11 is 0. The quantitative estimate of drug-likeness (QED) is 0.451. The fraction of sp³-hybridized carbons (Fsp3) is 0.364. The Balaban J connectivity index is 2.76. The summed E-state index contributed by atoms with van der Waals surface area (Å²) in [5, 5.41) is 1.29.